The summed E-state index contributed by atoms with van der Waals surface area (Å²) < 4.78 is 0. The molecular weight excluding hydrogens is 304 g/mol. The highest BCUT2D eigenvalue weighted by molar-refractivity contribution is 5.68. The van der Waals surface area contributed by atoms with E-state index in [1.165, 1.54) is 36.8 Å². The van der Waals surface area contributed by atoms with Crippen LogP contribution in [0.4, 0.5) is 0 Å². The molecule has 0 heterocycles. The lowest BCUT2D eigenvalue weighted by Crippen LogP contribution is -2.17. The van der Waals surface area contributed by atoms with Crippen LogP contribution in [0.25, 0.3) is 11.1 Å². The minimum absolute atomic E-state index is 0.0432. The molecular formula is C23H30N2. The Balaban J connectivity index is 1.88. The molecule has 2 rings (SSSR count). The van der Waals surface area contributed by atoms with Crippen molar-refractivity contribution in [2.24, 2.45) is 0 Å². The number of rotatable bonds is 11. The first-order valence-electron chi connectivity index (χ1n) is 9.61. The number of nitrogens with zero attached hydrogens (tertiary/aromatic N) is 1. The Morgan fingerprint density at radius 1 is 0.880 bits per heavy atom. The first kappa shape index (κ1) is 19.2. The van der Waals surface area contributed by atoms with Crippen LogP contribution in [-0.2, 0) is 0 Å². The molecule has 0 aromatic heterocycles. The summed E-state index contributed by atoms with van der Waals surface area (Å²) in [6.45, 7) is 4.33. The van der Waals surface area contributed by atoms with Crippen molar-refractivity contribution < 1.29 is 0 Å². The Kier molecular flexibility index (Phi) is 8.80. The summed E-state index contributed by atoms with van der Waals surface area (Å²) in [5.74, 6) is -0.0432. The van der Waals surface area contributed by atoms with Gasteiger partial charge in [0.25, 0.3) is 0 Å². The van der Waals surface area contributed by atoms with Crippen LogP contribution in [0.1, 0.15) is 56.9 Å². The summed E-state index contributed by atoms with van der Waals surface area (Å²) in [6, 6.07) is 21.2. The van der Waals surface area contributed by atoms with E-state index in [9.17, 15) is 5.26 Å². The van der Waals surface area contributed by atoms with Gasteiger partial charge in [0.05, 0.1) is 12.0 Å². The van der Waals surface area contributed by atoms with Crippen LogP contribution >= 0.6 is 0 Å². The van der Waals surface area contributed by atoms with E-state index in [2.05, 4.69) is 60.8 Å². The molecule has 2 aromatic carbocycles. The van der Waals surface area contributed by atoms with Crippen LogP contribution in [0.15, 0.2) is 54.6 Å². The molecule has 0 amide bonds. The van der Waals surface area contributed by atoms with Gasteiger partial charge in [0, 0.05) is 0 Å². The van der Waals surface area contributed by atoms with Crippen molar-refractivity contribution in [2.45, 2.75) is 51.4 Å². The number of nitrogens with one attached hydrogen (secondary N) is 1. The van der Waals surface area contributed by atoms with Gasteiger partial charge >= 0.3 is 0 Å². The van der Waals surface area contributed by atoms with Gasteiger partial charge in [-0.2, -0.15) is 5.26 Å². The predicted molar refractivity (Wildman–Crippen MR) is 106 cm³/mol. The number of nitriles is 1. The summed E-state index contributed by atoms with van der Waals surface area (Å²) in [5, 5.41) is 13.2. The van der Waals surface area contributed by atoms with Crippen molar-refractivity contribution in [2.75, 3.05) is 13.1 Å². The number of hydrogen-bond donors (Lipinski definition) is 1. The van der Waals surface area contributed by atoms with E-state index >= 15 is 0 Å². The maximum atomic E-state index is 9.68. The smallest absolute Gasteiger partial charge is 0.0719 e. The first-order chi connectivity index (χ1) is 12.4. The average molecular weight is 335 g/mol. The second-order valence-corrected chi connectivity index (χ2v) is 6.59. The predicted octanol–water partition coefficient (Wildman–Crippen LogP) is 5.91. The lowest BCUT2D eigenvalue weighted by Gasteiger charge is -2.15. The molecule has 0 aliphatic carbocycles. The van der Waals surface area contributed by atoms with Gasteiger partial charge in [-0.25, -0.2) is 0 Å². The van der Waals surface area contributed by atoms with Crippen LogP contribution in [0.3, 0.4) is 0 Å². The quantitative estimate of drug-likeness (QED) is 0.518. The lowest BCUT2D eigenvalue weighted by molar-refractivity contribution is 0.567. The molecule has 2 nitrogen and oxygen atoms in total. The SMILES string of the molecule is CCCCCCNCCCC(C#N)c1ccccc1-c1ccccc1. The second kappa shape index (κ2) is 11.4. The van der Waals surface area contributed by atoms with Crippen LogP contribution in [0.5, 0.6) is 0 Å². The van der Waals surface area contributed by atoms with Gasteiger partial charge in [-0.3, -0.25) is 0 Å². The van der Waals surface area contributed by atoms with Gasteiger partial charge in [-0.15, -0.1) is 0 Å². The van der Waals surface area contributed by atoms with Crippen molar-refractivity contribution in [3.8, 4) is 17.2 Å². The number of benzene rings is 2. The number of unbranched alkanes of at least 4 members (excludes halogenated alkanes) is 3. The van der Waals surface area contributed by atoms with Gasteiger partial charge in [-0.05, 0) is 49.0 Å². The Labute approximate surface area is 152 Å². The van der Waals surface area contributed by atoms with Gasteiger partial charge in [0.1, 0.15) is 0 Å². The third-order valence-electron chi connectivity index (χ3n) is 4.63. The van der Waals surface area contributed by atoms with E-state index in [0.717, 1.165) is 31.5 Å². The lowest BCUT2D eigenvalue weighted by atomic mass is 9.88. The van der Waals surface area contributed by atoms with Crippen LogP contribution in [-0.4, -0.2) is 13.1 Å². The Hall–Kier alpha value is -2.11. The maximum absolute atomic E-state index is 9.68. The van der Waals surface area contributed by atoms with E-state index in [0.29, 0.717) is 0 Å². The first-order valence-corrected chi connectivity index (χ1v) is 9.61. The van der Waals surface area contributed by atoms with Gasteiger partial charge in [-0.1, -0.05) is 80.8 Å². The van der Waals surface area contributed by atoms with Crippen molar-refractivity contribution in [1.29, 1.82) is 5.26 Å². The Bertz CT molecular complexity index is 643. The van der Waals surface area contributed by atoms with E-state index in [4.69, 9.17) is 0 Å². The van der Waals surface area contributed by atoms with Gasteiger partial charge < -0.3 is 5.32 Å². The molecule has 1 N–H and O–H groups in total. The Morgan fingerprint density at radius 2 is 1.60 bits per heavy atom. The van der Waals surface area contributed by atoms with Crippen molar-refractivity contribution in [3.63, 3.8) is 0 Å². The Morgan fingerprint density at radius 3 is 2.36 bits per heavy atom. The molecule has 1 unspecified atom stereocenters. The summed E-state index contributed by atoms with van der Waals surface area (Å²) in [6.07, 6.45) is 7.12. The highest BCUT2D eigenvalue weighted by atomic mass is 14.8. The summed E-state index contributed by atoms with van der Waals surface area (Å²) in [7, 11) is 0. The second-order valence-electron chi connectivity index (χ2n) is 6.59. The minimum atomic E-state index is -0.0432. The van der Waals surface area contributed by atoms with Crippen molar-refractivity contribution in [1.82, 2.24) is 5.32 Å². The third-order valence-corrected chi connectivity index (χ3v) is 4.63. The van der Waals surface area contributed by atoms with Crippen molar-refractivity contribution in [3.05, 3.63) is 60.2 Å². The maximum Gasteiger partial charge on any atom is 0.0719 e. The molecule has 0 saturated carbocycles. The van der Waals surface area contributed by atoms with Crippen molar-refractivity contribution >= 4 is 0 Å². The fraction of sp³-hybridized carbons (Fsp3) is 0.435. The summed E-state index contributed by atoms with van der Waals surface area (Å²) in [5.41, 5.74) is 3.52. The molecule has 0 fully saturated rings. The fourth-order valence-electron chi connectivity index (χ4n) is 3.20. The third kappa shape index (κ3) is 6.36. The standard InChI is InChI=1S/C23H30N2/c1-2-3-4-10-17-25-18-11-14-21(19-24)23-16-9-8-15-22(23)20-12-6-5-7-13-20/h5-9,12-13,15-16,21,25H,2-4,10-11,14,17-18H2,1H3. The highest BCUT2D eigenvalue weighted by Gasteiger charge is 2.15. The zero-order chi connectivity index (χ0) is 17.7. The molecule has 2 aromatic rings. The van der Waals surface area contributed by atoms with E-state index in [1.807, 2.05) is 12.1 Å². The molecule has 0 saturated heterocycles. The zero-order valence-electron chi connectivity index (χ0n) is 15.4. The van der Waals surface area contributed by atoms with Gasteiger partial charge in [0.2, 0.25) is 0 Å². The molecule has 2 heteroatoms. The molecule has 0 spiro atoms. The highest BCUT2D eigenvalue weighted by Crippen LogP contribution is 2.31. The summed E-state index contributed by atoms with van der Waals surface area (Å²) in [4.78, 5) is 0. The fourth-order valence-corrected chi connectivity index (χ4v) is 3.20. The molecule has 0 bridgehead atoms. The van der Waals surface area contributed by atoms with E-state index < -0.39 is 0 Å². The van der Waals surface area contributed by atoms with E-state index in [1.54, 1.807) is 0 Å². The van der Waals surface area contributed by atoms with Crippen LogP contribution in [0, 0.1) is 11.3 Å². The minimum Gasteiger partial charge on any atom is -0.317 e. The molecule has 25 heavy (non-hydrogen) atoms. The zero-order valence-corrected chi connectivity index (χ0v) is 15.4. The monoisotopic (exact) mass is 334 g/mol. The number of hydrogen-bond acceptors (Lipinski definition) is 2. The molecule has 132 valence electrons. The topological polar surface area (TPSA) is 35.8 Å². The normalized spacial score (nSPS) is 11.8. The average Bonchev–Trinajstić information content (AvgIpc) is 2.68. The molecule has 0 radical (unpaired) electrons. The summed E-state index contributed by atoms with van der Waals surface area (Å²) >= 11 is 0. The van der Waals surface area contributed by atoms with Crippen LogP contribution in [0.2, 0.25) is 0 Å². The van der Waals surface area contributed by atoms with Gasteiger partial charge in [0.15, 0.2) is 0 Å². The van der Waals surface area contributed by atoms with Crippen LogP contribution < -0.4 is 5.32 Å². The van der Waals surface area contributed by atoms with E-state index in [-0.39, 0.29) is 5.92 Å². The largest absolute Gasteiger partial charge is 0.317 e. The molecule has 0 aliphatic heterocycles. The molecule has 0 aliphatic rings. The molecule has 1 atom stereocenters.